The summed E-state index contributed by atoms with van der Waals surface area (Å²) in [6.07, 6.45) is 2.49. The van der Waals surface area contributed by atoms with E-state index in [0.29, 0.717) is 18.7 Å². The van der Waals surface area contributed by atoms with Crippen LogP contribution < -0.4 is 10.2 Å². The fourth-order valence-electron chi connectivity index (χ4n) is 3.78. The third-order valence-corrected chi connectivity index (χ3v) is 5.45. The molecule has 3 rings (SSSR count). The van der Waals surface area contributed by atoms with Gasteiger partial charge in [0.15, 0.2) is 0 Å². The zero-order valence-electron chi connectivity index (χ0n) is 17.9. The van der Waals surface area contributed by atoms with Gasteiger partial charge in [0.2, 0.25) is 0 Å². The summed E-state index contributed by atoms with van der Waals surface area (Å²) in [6, 6.07) is 7.82. The first-order chi connectivity index (χ1) is 13.7. The van der Waals surface area contributed by atoms with Gasteiger partial charge in [0.05, 0.1) is 6.10 Å². The molecule has 0 saturated carbocycles. The molecule has 1 aromatic carbocycles. The number of piperidine rings is 1. The van der Waals surface area contributed by atoms with Gasteiger partial charge >= 0.3 is 6.09 Å². The van der Waals surface area contributed by atoms with Crippen LogP contribution in [0.15, 0.2) is 24.3 Å². The Balaban J connectivity index is 1.47. The summed E-state index contributed by atoms with van der Waals surface area (Å²) in [6.45, 7) is 8.63. The number of carbonyl (C=O) groups is 2. The summed E-state index contributed by atoms with van der Waals surface area (Å²) >= 11 is 0. The minimum Gasteiger partial charge on any atom is -0.444 e. The molecule has 2 aliphatic heterocycles. The molecule has 2 amide bonds. The molecule has 2 aliphatic rings. The number of nitrogens with zero attached hydrogens (tertiary/aromatic N) is 2. The summed E-state index contributed by atoms with van der Waals surface area (Å²) in [4.78, 5) is 28.7. The molecule has 0 spiro atoms. The van der Waals surface area contributed by atoms with Crippen molar-refractivity contribution in [1.29, 1.82) is 0 Å². The van der Waals surface area contributed by atoms with Gasteiger partial charge in [-0.25, -0.2) is 4.79 Å². The van der Waals surface area contributed by atoms with Crippen LogP contribution in [0.4, 0.5) is 10.5 Å². The van der Waals surface area contributed by atoms with Crippen LogP contribution in [0.1, 0.15) is 50.4 Å². The predicted octanol–water partition coefficient (Wildman–Crippen LogP) is 3.04. The van der Waals surface area contributed by atoms with Crippen LogP contribution in [0, 0.1) is 0 Å². The van der Waals surface area contributed by atoms with Gasteiger partial charge in [-0.15, -0.1) is 0 Å². The molecule has 2 saturated heterocycles. The normalized spacial score (nSPS) is 20.6. The number of amides is 2. The van der Waals surface area contributed by atoms with E-state index in [4.69, 9.17) is 9.47 Å². The molecule has 0 unspecified atom stereocenters. The first-order valence-electron chi connectivity index (χ1n) is 10.4. The Morgan fingerprint density at radius 3 is 2.24 bits per heavy atom. The van der Waals surface area contributed by atoms with Gasteiger partial charge in [-0.1, -0.05) is 0 Å². The van der Waals surface area contributed by atoms with Crippen molar-refractivity contribution in [3.63, 3.8) is 0 Å². The lowest BCUT2D eigenvalue weighted by Crippen LogP contribution is -2.47. The lowest BCUT2D eigenvalue weighted by molar-refractivity contribution is 0.0199. The first kappa shape index (κ1) is 21.4. The van der Waals surface area contributed by atoms with Crippen molar-refractivity contribution in [3.05, 3.63) is 29.8 Å². The highest BCUT2D eigenvalue weighted by Crippen LogP contribution is 2.22. The van der Waals surface area contributed by atoms with Gasteiger partial charge in [0, 0.05) is 50.6 Å². The summed E-state index contributed by atoms with van der Waals surface area (Å²) in [5.41, 5.74) is 1.28. The molecule has 0 aromatic heterocycles. The van der Waals surface area contributed by atoms with Gasteiger partial charge in [0.25, 0.3) is 5.91 Å². The Morgan fingerprint density at radius 1 is 1.03 bits per heavy atom. The molecule has 2 heterocycles. The molecule has 7 nitrogen and oxygen atoms in total. The lowest BCUT2D eigenvalue weighted by Gasteiger charge is -2.33. The van der Waals surface area contributed by atoms with E-state index in [1.54, 1.807) is 12.0 Å². The molecule has 160 valence electrons. The van der Waals surface area contributed by atoms with E-state index >= 15 is 0 Å². The maximum Gasteiger partial charge on any atom is 0.410 e. The Bertz CT molecular complexity index is 706. The van der Waals surface area contributed by atoms with Crippen LogP contribution in [0.2, 0.25) is 0 Å². The van der Waals surface area contributed by atoms with Crippen LogP contribution in [0.5, 0.6) is 0 Å². The molecule has 29 heavy (non-hydrogen) atoms. The smallest absolute Gasteiger partial charge is 0.410 e. The van der Waals surface area contributed by atoms with Gasteiger partial charge in [0.1, 0.15) is 5.60 Å². The average Bonchev–Trinajstić information content (AvgIpc) is 3.16. The zero-order chi connectivity index (χ0) is 21.0. The third kappa shape index (κ3) is 5.85. The number of anilines is 1. The van der Waals surface area contributed by atoms with E-state index in [9.17, 15) is 9.59 Å². The van der Waals surface area contributed by atoms with E-state index in [0.717, 1.165) is 38.0 Å². The highest BCUT2D eigenvalue weighted by Gasteiger charge is 2.28. The fourth-order valence-corrected chi connectivity index (χ4v) is 3.78. The molecule has 1 atom stereocenters. The highest BCUT2D eigenvalue weighted by atomic mass is 16.6. The molecular formula is C22H33N3O4. The SMILES string of the molecule is CO[C@@H]1CCN(c2ccc(C(=O)NC3CCN(C(=O)OC(C)(C)C)CC3)cc2)C1. The molecule has 0 bridgehead atoms. The van der Waals surface area contributed by atoms with Crippen molar-refractivity contribution in [1.82, 2.24) is 10.2 Å². The number of benzene rings is 1. The highest BCUT2D eigenvalue weighted by molar-refractivity contribution is 5.94. The Morgan fingerprint density at radius 2 is 1.69 bits per heavy atom. The van der Waals surface area contributed by atoms with Crippen LogP contribution >= 0.6 is 0 Å². The van der Waals surface area contributed by atoms with Crippen molar-refractivity contribution < 1.29 is 19.1 Å². The van der Waals surface area contributed by atoms with Gasteiger partial charge in [-0.2, -0.15) is 0 Å². The van der Waals surface area contributed by atoms with Crippen LogP contribution in [0.25, 0.3) is 0 Å². The lowest BCUT2D eigenvalue weighted by atomic mass is 10.0. The topological polar surface area (TPSA) is 71.1 Å². The number of nitrogens with one attached hydrogen (secondary N) is 1. The number of rotatable bonds is 4. The molecule has 0 radical (unpaired) electrons. The van der Waals surface area contributed by atoms with Gasteiger partial charge in [-0.05, 0) is 64.3 Å². The summed E-state index contributed by atoms with van der Waals surface area (Å²) < 4.78 is 10.8. The number of carbonyl (C=O) groups excluding carboxylic acids is 2. The number of methoxy groups -OCH3 is 1. The maximum atomic E-state index is 12.6. The average molecular weight is 404 g/mol. The van der Waals surface area contributed by atoms with Crippen LogP contribution in [-0.2, 0) is 9.47 Å². The van der Waals surface area contributed by atoms with E-state index in [1.165, 1.54) is 0 Å². The van der Waals surface area contributed by atoms with Gasteiger partial charge in [-0.3, -0.25) is 4.79 Å². The fraction of sp³-hybridized carbons (Fsp3) is 0.636. The summed E-state index contributed by atoms with van der Waals surface area (Å²) in [7, 11) is 1.75. The van der Waals surface area contributed by atoms with Crippen LogP contribution in [-0.4, -0.2) is 67.9 Å². The predicted molar refractivity (Wildman–Crippen MR) is 112 cm³/mol. The van der Waals surface area contributed by atoms with Crippen LogP contribution in [0.3, 0.4) is 0 Å². The third-order valence-electron chi connectivity index (χ3n) is 5.45. The van der Waals surface area contributed by atoms with Crippen molar-refractivity contribution in [2.45, 2.75) is 57.8 Å². The Labute approximate surface area is 173 Å². The summed E-state index contributed by atoms with van der Waals surface area (Å²) in [5, 5.41) is 3.10. The molecule has 2 fully saturated rings. The molecule has 1 aromatic rings. The van der Waals surface area contributed by atoms with Crippen molar-refractivity contribution in [2.24, 2.45) is 0 Å². The Kier molecular flexibility index (Phi) is 6.67. The monoisotopic (exact) mass is 403 g/mol. The number of hydrogen-bond acceptors (Lipinski definition) is 5. The van der Waals surface area contributed by atoms with Crippen molar-refractivity contribution in [3.8, 4) is 0 Å². The maximum absolute atomic E-state index is 12.6. The number of ether oxygens (including phenoxy) is 2. The van der Waals surface area contributed by atoms with E-state index in [1.807, 2.05) is 45.0 Å². The first-order valence-corrected chi connectivity index (χ1v) is 10.4. The second kappa shape index (κ2) is 9.03. The van der Waals surface area contributed by atoms with Gasteiger partial charge < -0.3 is 24.6 Å². The number of likely N-dealkylation sites (tertiary alicyclic amines) is 1. The van der Waals surface area contributed by atoms with Crippen molar-refractivity contribution in [2.75, 3.05) is 38.2 Å². The largest absolute Gasteiger partial charge is 0.444 e. The van der Waals surface area contributed by atoms with Crippen molar-refractivity contribution >= 4 is 17.7 Å². The molecule has 0 aliphatic carbocycles. The summed E-state index contributed by atoms with van der Waals surface area (Å²) in [5.74, 6) is -0.0662. The van der Waals surface area contributed by atoms with E-state index in [2.05, 4.69) is 10.2 Å². The number of hydrogen-bond donors (Lipinski definition) is 1. The molecular weight excluding hydrogens is 370 g/mol. The Hall–Kier alpha value is -2.28. The molecule has 1 N–H and O–H groups in total. The second-order valence-electron chi connectivity index (χ2n) is 8.85. The minimum atomic E-state index is -0.492. The minimum absolute atomic E-state index is 0.0662. The standard InChI is InChI=1S/C22H33N3O4/c1-22(2,3)29-21(27)24-12-9-17(10-13-24)23-20(26)16-5-7-18(8-6-16)25-14-11-19(15-25)28-4/h5-8,17,19H,9-15H2,1-4H3,(H,23,26)/t19-/m1/s1. The van der Waals surface area contributed by atoms with E-state index < -0.39 is 5.60 Å². The van der Waals surface area contributed by atoms with E-state index in [-0.39, 0.29) is 24.1 Å². The molecule has 7 heteroatoms. The zero-order valence-corrected chi connectivity index (χ0v) is 17.9. The quantitative estimate of drug-likeness (QED) is 0.837. The second-order valence-corrected chi connectivity index (χ2v) is 8.85.